The third-order valence-corrected chi connectivity index (χ3v) is 5.26. The maximum Gasteiger partial charge on any atom is 0.339 e. The van der Waals surface area contributed by atoms with Gasteiger partial charge in [0.05, 0.1) is 5.56 Å². The molecular formula is C24H17BrN2O4. The molecule has 4 aromatic carbocycles. The lowest BCUT2D eigenvalue weighted by Gasteiger charge is -2.12. The van der Waals surface area contributed by atoms with Gasteiger partial charge in [-0.15, -0.1) is 0 Å². The summed E-state index contributed by atoms with van der Waals surface area (Å²) in [5.74, 6) is -1.74. The third-order valence-electron chi connectivity index (χ3n) is 4.73. The predicted octanol–water partition coefficient (Wildman–Crippen LogP) is 4.37. The van der Waals surface area contributed by atoms with Crippen LogP contribution in [0.3, 0.4) is 0 Å². The second-order valence-electron chi connectivity index (χ2n) is 6.78. The molecule has 2 amide bonds. The van der Waals surface area contributed by atoms with E-state index in [2.05, 4.69) is 26.8 Å². The number of hydrogen-bond donors (Lipinski definition) is 2. The molecule has 31 heavy (non-hydrogen) atoms. The van der Waals surface area contributed by atoms with Crippen LogP contribution in [0.4, 0.5) is 0 Å². The van der Waals surface area contributed by atoms with E-state index in [0.717, 1.165) is 26.0 Å². The van der Waals surface area contributed by atoms with Gasteiger partial charge in [0.1, 0.15) is 0 Å². The predicted molar refractivity (Wildman–Crippen MR) is 121 cm³/mol. The van der Waals surface area contributed by atoms with Crippen molar-refractivity contribution < 1.29 is 19.1 Å². The average Bonchev–Trinajstić information content (AvgIpc) is 2.79. The van der Waals surface area contributed by atoms with Crippen molar-refractivity contribution in [3.8, 4) is 0 Å². The number of halogens is 1. The lowest BCUT2D eigenvalue weighted by molar-refractivity contribution is -0.125. The van der Waals surface area contributed by atoms with Crippen LogP contribution in [0.25, 0.3) is 21.5 Å². The Balaban J connectivity index is 1.45. The molecule has 0 bridgehead atoms. The van der Waals surface area contributed by atoms with Crippen LogP contribution in [0.5, 0.6) is 0 Å². The number of benzene rings is 4. The summed E-state index contributed by atoms with van der Waals surface area (Å²) in [5, 5.41) is 3.30. The molecule has 6 nitrogen and oxygen atoms in total. The van der Waals surface area contributed by atoms with E-state index in [4.69, 9.17) is 4.74 Å². The number of ether oxygens (including phenoxy) is 1. The molecule has 0 fully saturated rings. The van der Waals surface area contributed by atoms with Crippen molar-refractivity contribution in [1.29, 1.82) is 0 Å². The summed E-state index contributed by atoms with van der Waals surface area (Å²) in [5.41, 5.74) is 5.33. The second kappa shape index (κ2) is 8.97. The van der Waals surface area contributed by atoms with Gasteiger partial charge in [0.25, 0.3) is 11.8 Å². The molecule has 0 atom stereocenters. The van der Waals surface area contributed by atoms with Gasteiger partial charge in [0.15, 0.2) is 6.61 Å². The van der Waals surface area contributed by atoms with Gasteiger partial charge in [0, 0.05) is 10.0 Å². The van der Waals surface area contributed by atoms with Gasteiger partial charge in [-0.1, -0.05) is 64.5 Å². The SMILES string of the molecule is O=C(COC(=O)c1c2ccccc2cc2ccccc12)NNC(=O)c1ccc(Br)cc1. The molecule has 154 valence electrons. The first-order chi connectivity index (χ1) is 15.0. The summed E-state index contributed by atoms with van der Waals surface area (Å²) < 4.78 is 6.09. The summed E-state index contributed by atoms with van der Waals surface area (Å²) >= 11 is 3.29. The van der Waals surface area contributed by atoms with Gasteiger partial charge in [-0.25, -0.2) is 4.79 Å². The molecule has 7 heteroatoms. The molecule has 0 aliphatic rings. The summed E-state index contributed by atoms with van der Waals surface area (Å²) in [6, 6.07) is 23.7. The number of fused-ring (bicyclic) bond motifs is 2. The van der Waals surface area contributed by atoms with Gasteiger partial charge in [0.2, 0.25) is 0 Å². The molecule has 0 spiro atoms. The first-order valence-electron chi connectivity index (χ1n) is 9.45. The van der Waals surface area contributed by atoms with Crippen molar-refractivity contribution in [3.63, 3.8) is 0 Å². The van der Waals surface area contributed by atoms with E-state index in [1.807, 2.05) is 54.6 Å². The van der Waals surface area contributed by atoms with Gasteiger partial charge in [-0.3, -0.25) is 20.4 Å². The first kappa shape index (κ1) is 20.6. The summed E-state index contributed by atoms with van der Waals surface area (Å²) in [4.78, 5) is 37.0. The standard InChI is InChI=1S/C24H17BrN2O4/c25-18-11-9-15(10-12-18)23(29)27-26-21(28)14-31-24(30)22-19-7-3-1-5-16(19)13-17-6-2-4-8-20(17)22/h1-13H,14H2,(H,26,28)(H,27,29). The van der Waals surface area contributed by atoms with E-state index in [0.29, 0.717) is 11.1 Å². The smallest absolute Gasteiger partial charge is 0.339 e. The highest BCUT2D eigenvalue weighted by Gasteiger charge is 2.17. The van der Waals surface area contributed by atoms with Crippen LogP contribution in [-0.4, -0.2) is 24.4 Å². The average molecular weight is 477 g/mol. The molecule has 0 aliphatic heterocycles. The highest BCUT2D eigenvalue weighted by Crippen LogP contribution is 2.29. The van der Waals surface area contributed by atoms with Gasteiger partial charge in [-0.05, 0) is 51.9 Å². The number of carbonyl (C=O) groups excluding carboxylic acids is 3. The Morgan fingerprint density at radius 3 is 1.97 bits per heavy atom. The minimum atomic E-state index is -0.650. The summed E-state index contributed by atoms with van der Waals surface area (Å²) in [7, 11) is 0. The molecule has 0 aromatic heterocycles. The highest BCUT2D eigenvalue weighted by atomic mass is 79.9. The molecule has 0 saturated heterocycles. The molecule has 0 radical (unpaired) electrons. The molecule has 0 unspecified atom stereocenters. The van der Waals surface area contributed by atoms with E-state index in [-0.39, 0.29) is 0 Å². The normalized spacial score (nSPS) is 10.6. The zero-order chi connectivity index (χ0) is 21.8. The fraction of sp³-hybridized carbons (Fsp3) is 0.0417. The maximum absolute atomic E-state index is 12.9. The molecule has 2 N–H and O–H groups in total. The fourth-order valence-electron chi connectivity index (χ4n) is 3.27. The van der Waals surface area contributed by atoms with Crippen LogP contribution in [0.2, 0.25) is 0 Å². The van der Waals surface area contributed by atoms with E-state index >= 15 is 0 Å². The van der Waals surface area contributed by atoms with Gasteiger partial charge in [-0.2, -0.15) is 0 Å². The van der Waals surface area contributed by atoms with E-state index < -0.39 is 24.4 Å². The minimum absolute atomic E-state index is 0.378. The Labute approximate surface area is 186 Å². The molecule has 0 saturated carbocycles. The van der Waals surface area contributed by atoms with Crippen molar-refractivity contribution in [2.75, 3.05) is 6.61 Å². The Hall–Kier alpha value is -3.71. The second-order valence-corrected chi connectivity index (χ2v) is 7.69. The third kappa shape index (κ3) is 4.57. The Morgan fingerprint density at radius 2 is 1.35 bits per heavy atom. The largest absolute Gasteiger partial charge is 0.452 e. The number of rotatable bonds is 4. The molecule has 4 aromatic rings. The molecule has 0 aliphatic carbocycles. The van der Waals surface area contributed by atoms with E-state index in [9.17, 15) is 14.4 Å². The van der Waals surface area contributed by atoms with Crippen LogP contribution in [0, 0.1) is 0 Å². The van der Waals surface area contributed by atoms with Gasteiger partial charge < -0.3 is 4.74 Å². The van der Waals surface area contributed by atoms with Crippen LogP contribution in [0.1, 0.15) is 20.7 Å². The van der Waals surface area contributed by atoms with Crippen molar-refractivity contribution in [2.45, 2.75) is 0 Å². The van der Waals surface area contributed by atoms with Crippen LogP contribution < -0.4 is 10.9 Å². The van der Waals surface area contributed by atoms with Gasteiger partial charge >= 0.3 is 5.97 Å². The van der Waals surface area contributed by atoms with Crippen molar-refractivity contribution in [2.24, 2.45) is 0 Å². The Kier molecular flexibility index (Phi) is 5.95. The number of carbonyl (C=O) groups is 3. The number of esters is 1. The van der Waals surface area contributed by atoms with Crippen LogP contribution in [-0.2, 0) is 9.53 Å². The molecular weight excluding hydrogens is 460 g/mol. The molecule has 0 heterocycles. The fourth-order valence-corrected chi connectivity index (χ4v) is 3.54. The summed E-state index contributed by atoms with van der Waals surface area (Å²) in [6.07, 6.45) is 0. The molecule has 4 rings (SSSR count). The Morgan fingerprint density at radius 1 is 0.774 bits per heavy atom. The Bertz CT molecular complexity index is 1250. The monoisotopic (exact) mass is 476 g/mol. The van der Waals surface area contributed by atoms with Crippen molar-refractivity contribution >= 4 is 55.3 Å². The zero-order valence-corrected chi connectivity index (χ0v) is 17.8. The number of hydrazine groups is 1. The quantitative estimate of drug-likeness (QED) is 0.260. The van der Waals surface area contributed by atoms with Crippen molar-refractivity contribution in [1.82, 2.24) is 10.9 Å². The van der Waals surface area contributed by atoms with Crippen LogP contribution in [0.15, 0.2) is 83.3 Å². The van der Waals surface area contributed by atoms with E-state index in [1.54, 1.807) is 24.3 Å². The highest BCUT2D eigenvalue weighted by molar-refractivity contribution is 9.10. The number of hydrogen-bond acceptors (Lipinski definition) is 4. The lowest BCUT2D eigenvalue weighted by atomic mass is 9.97. The number of nitrogens with one attached hydrogen (secondary N) is 2. The first-order valence-corrected chi connectivity index (χ1v) is 10.2. The maximum atomic E-state index is 12.9. The topological polar surface area (TPSA) is 84.5 Å². The minimum Gasteiger partial charge on any atom is -0.452 e. The number of amides is 2. The van der Waals surface area contributed by atoms with Crippen molar-refractivity contribution in [3.05, 3.63) is 94.5 Å². The van der Waals surface area contributed by atoms with E-state index in [1.165, 1.54) is 0 Å². The van der Waals surface area contributed by atoms with Crippen LogP contribution >= 0.6 is 15.9 Å². The zero-order valence-electron chi connectivity index (χ0n) is 16.2. The summed E-state index contributed by atoms with van der Waals surface area (Å²) in [6.45, 7) is -0.531. The lowest BCUT2D eigenvalue weighted by Crippen LogP contribution is -2.43.